The Labute approximate surface area is 187 Å². The Hall–Kier alpha value is -3.39. The van der Waals surface area contributed by atoms with Crippen molar-refractivity contribution in [2.45, 2.75) is 24.8 Å². The second-order valence-electron chi connectivity index (χ2n) is 7.07. The van der Waals surface area contributed by atoms with E-state index in [0.29, 0.717) is 17.9 Å². The minimum Gasteiger partial charge on any atom is -0.492 e. The zero-order valence-corrected chi connectivity index (χ0v) is 18.7. The number of carbonyl (C=O) groups excluding carboxylic acids is 1. The molecule has 0 saturated carbocycles. The van der Waals surface area contributed by atoms with Gasteiger partial charge in [-0.05, 0) is 55.8 Å². The summed E-state index contributed by atoms with van der Waals surface area (Å²) < 4.78 is 46.8. The fraction of sp³-hybridized carbons (Fsp3) is 0.208. The minimum absolute atomic E-state index is 0.0608. The molecule has 0 radical (unpaired) electrons. The fourth-order valence-corrected chi connectivity index (χ4v) is 4.66. The summed E-state index contributed by atoms with van der Waals surface area (Å²) >= 11 is 0. The smallest absolute Gasteiger partial charge is 0.264 e. The molecular weight excluding hydrogens is 431 g/mol. The van der Waals surface area contributed by atoms with Crippen molar-refractivity contribution in [1.29, 1.82) is 0 Å². The Morgan fingerprint density at radius 2 is 1.62 bits per heavy atom. The van der Waals surface area contributed by atoms with Gasteiger partial charge in [-0.15, -0.1) is 0 Å². The SMILES string of the molecule is CCOc1ccccc1N(CC(=O)N[C@H](C)c1ccc(F)cc1)S(=O)(=O)c1ccccc1. The van der Waals surface area contributed by atoms with Crippen molar-refractivity contribution in [3.63, 3.8) is 0 Å². The third kappa shape index (κ3) is 5.45. The average Bonchev–Trinajstić information content (AvgIpc) is 2.79. The molecule has 0 fully saturated rings. The van der Waals surface area contributed by atoms with E-state index in [1.165, 1.54) is 24.3 Å². The van der Waals surface area contributed by atoms with Crippen LogP contribution < -0.4 is 14.4 Å². The normalized spacial score (nSPS) is 12.1. The standard InChI is InChI=1S/C24H25FN2O4S/c1-3-31-23-12-8-7-11-22(23)27(32(29,30)21-9-5-4-6-10-21)17-24(28)26-18(2)19-13-15-20(25)16-14-19/h4-16,18H,3,17H2,1-2H3,(H,26,28)/t18-/m1/s1. The molecule has 1 amide bonds. The predicted molar refractivity (Wildman–Crippen MR) is 122 cm³/mol. The van der Waals surface area contributed by atoms with Gasteiger partial charge < -0.3 is 10.1 Å². The van der Waals surface area contributed by atoms with Gasteiger partial charge in [0.1, 0.15) is 18.1 Å². The van der Waals surface area contributed by atoms with Crippen LogP contribution in [-0.2, 0) is 14.8 Å². The largest absolute Gasteiger partial charge is 0.492 e. The first-order chi connectivity index (χ1) is 15.3. The molecule has 0 aliphatic heterocycles. The lowest BCUT2D eigenvalue weighted by Crippen LogP contribution is -2.41. The van der Waals surface area contributed by atoms with Crippen LogP contribution >= 0.6 is 0 Å². The summed E-state index contributed by atoms with van der Waals surface area (Å²) in [6.45, 7) is 3.43. The van der Waals surface area contributed by atoms with Crippen molar-refractivity contribution in [3.8, 4) is 5.75 Å². The van der Waals surface area contributed by atoms with Crippen molar-refractivity contribution in [2.24, 2.45) is 0 Å². The molecule has 168 valence electrons. The highest BCUT2D eigenvalue weighted by Gasteiger charge is 2.29. The number of amides is 1. The number of rotatable bonds is 9. The van der Waals surface area contributed by atoms with E-state index < -0.39 is 28.5 Å². The van der Waals surface area contributed by atoms with E-state index in [1.807, 2.05) is 0 Å². The summed E-state index contributed by atoms with van der Waals surface area (Å²) in [5, 5.41) is 2.78. The number of para-hydroxylation sites is 2. The summed E-state index contributed by atoms with van der Waals surface area (Å²) in [7, 11) is -4.05. The van der Waals surface area contributed by atoms with Gasteiger partial charge in [0.25, 0.3) is 10.0 Å². The van der Waals surface area contributed by atoms with Crippen LogP contribution in [0.3, 0.4) is 0 Å². The van der Waals surface area contributed by atoms with E-state index in [2.05, 4.69) is 5.32 Å². The van der Waals surface area contributed by atoms with E-state index in [0.717, 1.165) is 4.31 Å². The highest BCUT2D eigenvalue weighted by atomic mass is 32.2. The van der Waals surface area contributed by atoms with Gasteiger partial charge in [-0.3, -0.25) is 9.10 Å². The van der Waals surface area contributed by atoms with Crippen molar-refractivity contribution in [3.05, 3.63) is 90.2 Å². The second kappa shape index (κ2) is 10.3. The molecule has 0 bridgehead atoms. The van der Waals surface area contributed by atoms with Crippen molar-refractivity contribution in [2.75, 3.05) is 17.5 Å². The van der Waals surface area contributed by atoms with Gasteiger partial charge in [0.2, 0.25) is 5.91 Å². The van der Waals surface area contributed by atoms with Crippen LogP contribution in [0.15, 0.2) is 83.8 Å². The molecule has 8 heteroatoms. The summed E-state index contributed by atoms with van der Waals surface area (Å²) in [6.07, 6.45) is 0. The van der Waals surface area contributed by atoms with E-state index in [-0.39, 0.29) is 16.4 Å². The molecule has 0 saturated heterocycles. The minimum atomic E-state index is -4.05. The van der Waals surface area contributed by atoms with Crippen molar-refractivity contribution < 1.29 is 22.3 Å². The third-order valence-corrected chi connectivity index (χ3v) is 6.57. The number of ether oxygens (including phenoxy) is 1. The molecule has 0 unspecified atom stereocenters. The molecule has 6 nitrogen and oxygen atoms in total. The molecule has 3 aromatic rings. The summed E-state index contributed by atoms with van der Waals surface area (Å²) in [5.41, 5.74) is 0.967. The Balaban J connectivity index is 1.93. The van der Waals surface area contributed by atoms with Gasteiger partial charge in [-0.1, -0.05) is 42.5 Å². The molecule has 1 N–H and O–H groups in total. The summed E-state index contributed by atoms with van der Waals surface area (Å²) in [5.74, 6) is -0.526. The quantitative estimate of drug-likeness (QED) is 0.521. The topological polar surface area (TPSA) is 75.7 Å². The number of nitrogens with one attached hydrogen (secondary N) is 1. The molecule has 0 heterocycles. The van der Waals surface area contributed by atoms with Crippen LogP contribution in [0.5, 0.6) is 5.75 Å². The monoisotopic (exact) mass is 456 g/mol. The maximum absolute atomic E-state index is 13.5. The lowest BCUT2D eigenvalue weighted by molar-refractivity contribution is -0.120. The van der Waals surface area contributed by atoms with Gasteiger partial charge >= 0.3 is 0 Å². The van der Waals surface area contributed by atoms with Crippen LogP contribution in [0, 0.1) is 5.82 Å². The number of sulfonamides is 1. The first-order valence-electron chi connectivity index (χ1n) is 10.2. The molecule has 1 atom stereocenters. The highest BCUT2D eigenvalue weighted by Crippen LogP contribution is 2.32. The second-order valence-corrected chi connectivity index (χ2v) is 8.93. The van der Waals surface area contributed by atoms with Gasteiger partial charge in [-0.2, -0.15) is 0 Å². The molecule has 3 aromatic carbocycles. The van der Waals surface area contributed by atoms with E-state index in [9.17, 15) is 17.6 Å². The number of benzene rings is 3. The number of anilines is 1. The average molecular weight is 457 g/mol. The lowest BCUT2D eigenvalue weighted by Gasteiger charge is -2.26. The first-order valence-corrected chi connectivity index (χ1v) is 11.6. The summed E-state index contributed by atoms with van der Waals surface area (Å²) in [4.78, 5) is 13.0. The van der Waals surface area contributed by atoms with Gasteiger partial charge in [0.15, 0.2) is 0 Å². The van der Waals surface area contributed by atoms with Crippen molar-refractivity contribution >= 4 is 21.6 Å². The third-order valence-electron chi connectivity index (χ3n) is 4.80. The predicted octanol–water partition coefficient (Wildman–Crippen LogP) is 4.30. The molecule has 3 rings (SSSR count). The zero-order chi connectivity index (χ0) is 23.1. The van der Waals surface area contributed by atoms with Crippen LogP contribution in [0.4, 0.5) is 10.1 Å². The lowest BCUT2D eigenvalue weighted by atomic mass is 10.1. The Morgan fingerprint density at radius 3 is 2.28 bits per heavy atom. The van der Waals surface area contributed by atoms with Gasteiger partial charge in [0.05, 0.1) is 23.2 Å². The molecule has 32 heavy (non-hydrogen) atoms. The molecule has 0 aliphatic carbocycles. The van der Waals surface area contributed by atoms with Crippen molar-refractivity contribution in [1.82, 2.24) is 5.32 Å². The van der Waals surface area contributed by atoms with Gasteiger partial charge in [-0.25, -0.2) is 12.8 Å². The van der Waals surface area contributed by atoms with Crippen LogP contribution in [-0.4, -0.2) is 27.5 Å². The number of halogens is 1. The van der Waals surface area contributed by atoms with E-state index in [4.69, 9.17) is 4.74 Å². The van der Waals surface area contributed by atoms with Crippen LogP contribution in [0.25, 0.3) is 0 Å². The maximum atomic E-state index is 13.5. The zero-order valence-electron chi connectivity index (χ0n) is 17.9. The Bertz CT molecular complexity index is 1150. The molecular formula is C24H25FN2O4S. The van der Waals surface area contributed by atoms with E-state index in [1.54, 1.807) is 68.4 Å². The highest BCUT2D eigenvalue weighted by molar-refractivity contribution is 7.92. The molecule has 0 aliphatic rings. The molecule has 0 aromatic heterocycles. The van der Waals surface area contributed by atoms with Crippen LogP contribution in [0.2, 0.25) is 0 Å². The van der Waals surface area contributed by atoms with Crippen LogP contribution in [0.1, 0.15) is 25.5 Å². The summed E-state index contributed by atoms with van der Waals surface area (Å²) in [6, 6.07) is 19.9. The van der Waals surface area contributed by atoms with E-state index >= 15 is 0 Å². The fourth-order valence-electron chi connectivity index (χ4n) is 3.21. The number of hydrogen-bond donors (Lipinski definition) is 1. The first kappa shape index (κ1) is 23.3. The number of nitrogens with zero attached hydrogens (tertiary/aromatic N) is 1. The Morgan fingerprint density at radius 1 is 1.00 bits per heavy atom. The number of hydrogen-bond acceptors (Lipinski definition) is 4. The molecule has 0 spiro atoms. The number of carbonyl (C=O) groups is 1. The van der Waals surface area contributed by atoms with Gasteiger partial charge in [0, 0.05) is 0 Å². The maximum Gasteiger partial charge on any atom is 0.264 e. The Kier molecular flexibility index (Phi) is 7.48.